The van der Waals surface area contributed by atoms with Gasteiger partial charge < -0.3 is 29.0 Å². The molecule has 6 aliphatic rings. The Labute approximate surface area is 360 Å². The van der Waals surface area contributed by atoms with Crippen molar-refractivity contribution in [3.8, 4) is 11.5 Å². The first kappa shape index (κ1) is 42.9. The molecule has 1 N–H and O–H groups in total. The van der Waals surface area contributed by atoms with Crippen molar-refractivity contribution in [3.63, 3.8) is 0 Å². The minimum absolute atomic E-state index is 0.0590. The summed E-state index contributed by atoms with van der Waals surface area (Å²) in [4.78, 5) is 63.9. The highest BCUT2D eigenvalue weighted by atomic mass is 35.5. The number of nitrogens with zero attached hydrogens (tertiary/aromatic N) is 5. The van der Waals surface area contributed by atoms with Crippen LogP contribution in [0, 0.1) is 34.5 Å². The third kappa shape index (κ3) is 9.34. The fraction of sp³-hybridized carbons (Fsp3) is 0.659. The van der Waals surface area contributed by atoms with Gasteiger partial charge in [-0.05, 0) is 61.0 Å². The second-order valence-electron chi connectivity index (χ2n) is 18.5. The number of aliphatic carboxylic acids is 1. The molecule has 0 bridgehead atoms. The molecule has 2 saturated heterocycles. The first-order valence-electron chi connectivity index (χ1n) is 21.5. The molecule has 8 rings (SSSR count). The Hall–Kier alpha value is -3.79. The predicted molar refractivity (Wildman–Crippen MR) is 227 cm³/mol. The third-order valence-corrected chi connectivity index (χ3v) is 14.7. The summed E-state index contributed by atoms with van der Waals surface area (Å²) in [6.45, 7) is 11.9. The highest BCUT2D eigenvalue weighted by Crippen LogP contribution is 2.58. The summed E-state index contributed by atoms with van der Waals surface area (Å²) in [5.74, 6) is -0.741. The van der Waals surface area contributed by atoms with Crippen LogP contribution in [-0.4, -0.2) is 119 Å². The van der Waals surface area contributed by atoms with E-state index in [1.54, 1.807) is 18.3 Å². The largest absolute Gasteiger partial charge is 0.491 e. The average molecular weight is 866 g/mol. The lowest BCUT2D eigenvalue weighted by Gasteiger charge is -2.35. The fourth-order valence-electron chi connectivity index (χ4n) is 9.64. The minimum atomic E-state index is -1.15. The Morgan fingerprint density at radius 2 is 1.83 bits per heavy atom. The number of thioether (sulfide) groups is 1. The quantitative estimate of drug-likeness (QED) is 0.178. The number of morpholine rings is 1. The summed E-state index contributed by atoms with van der Waals surface area (Å²) in [5, 5.41) is 20.8. The van der Waals surface area contributed by atoms with Gasteiger partial charge in [0, 0.05) is 56.6 Å². The molecule has 1 amide bonds. The van der Waals surface area contributed by atoms with Gasteiger partial charge in [-0.25, -0.2) is 4.98 Å². The van der Waals surface area contributed by atoms with Crippen molar-refractivity contribution in [2.75, 3.05) is 46.0 Å². The van der Waals surface area contributed by atoms with E-state index in [4.69, 9.17) is 35.5 Å². The number of carboxylic acids is 1. The topological polar surface area (TPSA) is 170 Å². The SMILES string of the molecule is CC[C@@H]1C[C@]1(CC(=O)[C@@H]1C[C@@H](Oc2cc(SC3=NN=CC3)nc3c(Cl)c(OCCN4CCOCC4)ccc23)CN1C(=O)[C@@H](CC(=O)OC1C[C@@H]2C[C@@H]2C1)C(C)(C)C)C(=O)O. The Balaban J connectivity index is 1.06. The second-order valence-corrected chi connectivity index (χ2v) is 20.0. The van der Waals surface area contributed by atoms with Crippen LogP contribution >= 0.6 is 23.4 Å². The van der Waals surface area contributed by atoms with Crippen LogP contribution in [0.1, 0.15) is 85.5 Å². The van der Waals surface area contributed by atoms with Crippen LogP contribution in [0.5, 0.6) is 11.5 Å². The molecule has 3 aliphatic heterocycles. The molecule has 1 aromatic heterocycles. The van der Waals surface area contributed by atoms with Crippen LogP contribution in [0.15, 0.2) is 33.4 Å². The number of amides is 1. The van der Waals surface area contributed by atoms with Crippen LogP contribution in [0.4, 0.5) is 0 Å². The lowest BCUT2D eigenvalue weighted by molar-refractivity contribution is -0.157. The number of fused-ring (bicyclic) bond motifs is 2. The maximum Gasteiger partial charge on any atom is 0.310 e. The number of ether oxygens (including phenoxy) is 4. The van der Waals surface area contributed by atoms with E-state index in [0.29, 0.717) is 83.4 Å². The molecule has 0 spiro atoms. The van der Waals surface area contributed by atoms with Crippen LogP contribution in [0.25, 0.3) is 10.9 Å². The molecule has 4 heterocycles. The van der Waals surface area contributed by atoms with Crippen LogP contribution < -0.4 is 9.47 Å². The minimum Gasteiger partial charge on any atom is -0.491 e. The van der Waals surface area contributed by atoms with Crippen molar-refractivity contribution >= 4 is 69.2 Å². The van der Waals surface area contributed by atoms with Crippen molar-refractivity contribution in [2.45, 2.75) is 109 Å². The maximum absolute atomic E-state index is 14.8. The van der Waals surface area contributed by atoms with E-state index in [0.717, 1.165) is 37.5 Å². The summed E-state index contributed by atoms with van der Waals surface area (Å²) in [7, 11) is 0. The number of rotatable bonds is 16. The van der Waals surface area contributed by atoms with Gasteiger partial charge in [-0.1, -0.05) is 57.5 Å². The first-order chi connectivity index (χ1) is 28.7. The zero-order valence-electron chi connectivity index (χ0n) is 34.9. The number of halogens is 1. The molecule has 60 heavy (non-hydrogen) atoms. The summed E-state index contributed by atoms with van der Waals surface area (Å²) in [5.41, 5.74) is -1.33. The second kappa shape index (κ2) is 17.5. The van der Waals surface area contributed by atoms with Crippen molar-refractivity contribution in [1.29, 1.82) is 0 Å². The Kier molecular flexibility index (Phi) is 12.5. The van der Waals surface area contributed by atoms with Gasteiger partial charge in [-0.2, -0.15) is 5.10 Å². The molecule has 3 aliphatic carbocycles. The van der Waals surface area contributed by atoms with E-state index in [-0.39, 0.29) is 49.5 Å². The summed E-state index contributed by atoms with van der Waals surface area (Å²) < 4.78 is 24.3. The van der Waals surface area contributed by atoms with Crippen molar-refractivity contribution < 1.29 is 43.2 Å². The predicted octanol–water partition coefficient (Wildman–Crippen LogP) is 6.68. The number of carbonyl (C=O) groups is 4. The van der Waals surface area contributed by atoms with E-state index in [1.807, 2.05) is 33.8 Å². The lowest BCUT2D eigenvalue weighted by Crippen LogP contribution is -2.48. The van der Waals surface area contributed by atoms with Gasteiger partial charge in [0.1, 0.15) is 45.4 Å². The number of aromatic nitrogens is 1. The van der Waals surface area contributed by atoms with E-state index >= 15 is 0 Å². The number of likely N-dealkylation sites (tertiary alicyclic amines) is 1. The van der Waals surface area contributed by atoms with E-state index < -0.39 is 40.8 Å². The molecule has 14 nitrogen and oxygen atoms in total. The van der Waals surface area contributed by atoms with Gasteiger partial charge in [-0.3, -0.25) is 24.1 Å². The van der Waals surface area contributed by atoms with Crippen molar-refractivity contribution in [1.82, 2.24) is 14.8 Å². The van der Waals surface area contributed by atoms with Crippen LogP contribution in [0.2, 0.25) is 5.02 Å². The van der Waals surface area contributed by atoms with Gasteiger partial charge in [0.2, 0.25) is 5.91 Å². The summed E-state index contributed by atoms with van der Waals surface area (Å²) >= 11 is 8.39. The molecule has 1 unspecified atom stereocenters. The number of ketones is 1. The Morgan fingerprint density at radius 1 is 1.07 bits per heavy atom. The van der Waals surface area contributed by atoms with E-state index in [2.05, 4.69) is 15.1 Å². The average Bonchev–Trinajstić information content (AvgIpc) is 3.85. The van der Waals surface area contributed by atoms with E-state index in [1.165, 1.54) is 23.1 Å². The Bertz CT molecular complexity index is 2060. The number of carbonyl (C=O) groups excluding carboxylic acids is 3. The molecule has 16 heteroatoms. The fourth-order valence-corrected chi connectivity index (χ4v) is 10.7. The third-order valence-electron chi connectivity index (χ3n) is 13.4. The molecule has 1 aromatic carbocycles. The first-order valence-corrected chi connectivity index (χ1v) is 22.7. The number of benzene rings is 1. The van der Waals surface area contributed by atoms with Gasteiger partial charge in [0.15, 0.2) is 5.78 Å². The number of Topliss-reactive ketones (excluding diaryl/α,β-unsaturated/α-hetero) is 1. The van der Waals surface area contributed by atoms with E-state index in [9.17, 15) is 24.3 Å². The number of carboxylic acid groups (broad SMARTS) is 1. The molecule has 8 atom stereocenters. The van der Waals surface area contributed by atoms with Crippen molar-refractivity contribution in [3.05, 3.63) is 23.2 Å². The standard InChI is InChI=1S/C44H56ClN5O9S/c1-5-27-22-44(27,42(54)55)23-33(51)32-19-29(24-50(32)41(53)31(43(2,3)4)20-38(52)59-28-17-25-16-26(25)18-28)58-35-21-37(60-36-8-9-46-48-36)47-40-30(35)6-7-34(39(40)45)57-15-12-49-10-13-56-14-11-49/h6-7,9,21,25-29,31-32H,5,8,10-20,22-24H2,1-4H3,(H,54,55)/t25-,26+,27-,28?,29-,31-,32+,44-/m1/s1. The van der Waals surface area contributed by atoms with Gasteiger partial charge in [0.25, 0.3) is 0 Å². The molecule has 324 valence electrons. The Morgan fingerprint density at radius 3 is 2.50 bits per heavy atom. The molecular formula is C44H56ClN5O9S. The summed E-state index contributed by atoms with van der Waals surface area (Å²) in [6, 6.07) is 4.51. The van der Waals surface area contributed by atoms with Crippen molar-refractivity contribution in [2.24, 2.45) is 44.7 Å². The molecule has 2 aromatic rings. The van der Waals surface area contributed by atoms with Crippen LogP contribution in [0.3, 0.4) is 0 Å². The molecule has 3 saturated carbocycles. The summed E-state index contributed by atoms with van der Waals surface area (Å²) in [6.07, 6.45) is 5.36. The molecule has 5 fully saturated rings. The zero-order valence-corrected chi connectivity index (χ0v) is 36.5. The molecule has 0 radical (unpaired) electrons. The lowest BCUT2D eigenvalue weighted by atomic mass is 9.77. The number of hydrogen-bond acceptors (Lipinski definition) is 13. The number of esters is 1. The van der Waals surface area contributed by atoms with Crippen LogP contribution in [-0.2, 0) is 28.7 Å². The van der Waals surface area contributed by atoms with Gasteiger partial charge >= 0.3 is 11.9 Å². The zero-order chi connectivity index (χ0) is 42.3. The highest BCUT2D eigenvalue weighted by molar-refractivity contribution is 8.14. The number of hydrogen-bond donors (Lipinski definition) is 1. The smallest absolute Gasteiger partial charge is 0.310 e. The maximum atomic E-state index is 14.8. The van der Waals surface area contributed by atoms with Gasteiger partial charge in [0.05, 0.1) is 49.1 Å². The highest BCUT2D eigenvalue weighted by Gasteiger charge is 2.61. The normalized spacial score (nSPS) is 28.9. The molecular weight excluding hydrogens is 810 g/mol. The monoisotopic (exact) mass is 865 g/mol. The van der Waals surface area contributed by atoms with Gasteiger partial charge in [-0.15, -0.1) is 5.10 Å². The number of pyridine rings is 1.